The van der Waals surface area contributed by atoms with Crippen LogP contribution < -0.4 is 5.32 Å². The molecule has 5 heteroatoms. The minimum atomic E-state index is -0.455. The van der Waals surface area contributed by atoms with Gasteiger partial charge in [0.2, 0.25) is 0 Å². The lowest BCUT2D eigenvalue weighted by molar-refractivity contribution is -0.146. The summed E-state index contributed by atoms with van der Waals surface area (Å²) < 4.78 is 9.76. The molecule has 1 heterocycles. The van der Waals surface area contributed by atoms with Crippen molar-refractivity contribution in [2.45, 2.75) is 19.4 Å². The van der Waals surface area contributed by atoms with E-state index in [1.165, 1.54) is 19.6 Å². The Morgan fingerprint density at radius 1 is 1.23 bits per heavy atom. The van der Waals surface area contributed by atoms with Crippen LogP contribution in [0.1, 0.15) is 22.8 Å². The number of ether oxygens (including phenoxy) is 1. The number of hydrogen-bond acceptors (Lipinski definition) is 4. The molecule has 0 aliphatic carbocycles. The number of carbonyl (C=O) groups is 2. The molecule has 0 saturated carbocycles. The van der Waals surface area contributed by atoms with Crippen LogP contribution in [-0.4, -0.2) is 25.0 Å². The summed E-state index contributed by atoms with van der Waals surface area (Å²) >= 11 is 0. The summed E-state index contributed by atoms with van der Waals surface area (Å²) in [4.78, 5) is 24.1. The van der Waals surface area contributed by atoms with Gasteiger partial charge < -0.3 is 14.5 Å². The average molecular weight is 301 g/mol. The maximum atomic E-state index is 12.1. The first kappa shape index (κ1) is 15.8. The second-order valence-electron chi connectivity index (χ2n) is 5.09. The number of nitrogens with one attached hydrogen (secondary N) is 1. The summed E-state index contributed by atoms with van der Waals surface area (Å²) in [5.41, 5.74) is 1.44. The quantitative estimate of drug-likeness (QED) is 0.832. The second-order valence-corrected chi connectivity index (χ2v) is 5.09. The van der Waals surface area contributed by atoms with Gasteiger partial charge in [0.05, 0.1) is 24.9 Å². The third-order valence-corrected chi connectivity index (χ3v) is 3.55. The first-order valence-corrected chi connectivity index (χ1v) is 7.06. The number of methoxy groups -OCH3 is 1. The Labute approximate surface area is 129 Å². The van der Waals surface area contributed by atoms with Gasteiger partial charge in [-0.05, 0) is 25.0 Å². The summed E-state index contributed by atoms with van der Waals surface area (Å²) in [5, 5.41) is 2.82. The molecule has 0 unspecified atom stereocenters. The standard InChI is InChI=1S/C17H19NO4/c1-12(18-16(19)14-8-9-22-11-14)15(17(20)21-2)10-13-6-4-3-5-7-13/h3-9,11-12,15H,10H2,1-2H3,(H,18,19)/t12-,15-/m0/s1. The maximum absolute atomic E-state index is 12.1. The topological polar surface area (TPSA) is 68.5 Å². The monoisotopic (exact) mass is 301 g/mol. The van der Waals surface area contributed by atoms with Crippen LogP contribution >= 0.6 is 0 Å². The van der Waals surface area contributed by atoms with E-state index in [9.17, 15) is 9.59 Å². The van der Waals surface area contributed by atoms with Gasteiger partial charge in [-0.1, -0.05) is 30.3 Å². The highest BCUT2D eigenvalue weighted by atomic mass is 16.5. The van der Waals surface area contributed by atoms with Crippen LogP contribution in [0.15, 0.2) is 53.3 Å². The number of benzene rings is 1. The lowest BCUT2D eigenvalue weighted by Crippen LogP contribution is -2.42. The fourth-order valence-corrected chi connectivity index (χ4v) is 2.27. The van der Waals surface area contributed by atoms with E-state index in [0.717, 1.165) is 5.56 Å². The van der Waals surface area contributed by atoms with Gasteiger partial charge in [-0.25, -0.2) is 0 Å². The third kappa shape index (κ3) is 3.97. The van der Waals surface area contributed by atoms with Crippen LogP contribution in [-0.2, 0) is 16.0 Å². The molecule has 2 atom stereocenters. The highest BCUT2D eigenvalue weighted by molar-refractivity contribution is 5.94. The molecular weight excluding hydrogens is 282 g/mol. The lowest BCUT2D eigenvalue weighted by Gasteiger charge is -2.22. The summed E-state index contributed by atoms with van der Waals surface area (Å²) in [6, 6.07) is 10.8. The van der Waals surface area contributed by atoms with E-state index in [4.69, 9.17) is 9.15 Å². The van der Waals surface area contributed by atoms with Gasteiger partial charge >= 0.3 is 5.97 Å². The van der Waals surface area contributed by atoms with Crippen LogP contribution in [0.4, 0.5) is 0 Å². The van der Waals surface area contributed by atoms with Crippen LogP contribution in [0.2, 0.25) is 0 Å². The molecule has 2 rings (SSSR count). The smallest absolute Gasteiger partial charge is 0.311 e. The molecule has 0 aliphatic heterocycles. The van der Waals surface area contributed by atoms with Crippen LogP contribution in [0, 0.1) is 5.92 Å². The molecule has 2 aromatic rings. The third-order valence-electron chi connectivity index (χ3n) is 3.55. The van der Waals surface area contributed by atoms with Crippen molar-refractivity contribution in [3.63, 3.8) is 0 Å². The summed E-state index contributed by atoms with van der Waals surface area (Å²) in [6.07, 6.45) is 3.30. The van der Waals surface area contributed by atoms with Gasteiger partial charge in [0.1, 0.15) is 6.26 Å². The average Bonchev–Trinajstić information content (AvgIpc) is 3.07. The van der Waals surface area contributed by atoms with Crippen molar-refractivity contribution < 1.29 is 18.7 Å². The molecule has 5 nitrogen and oxygen atoms in total. The van der Waals surface area contributed by atoms with E-state index in [2.05, 4.69) is 5.32 Å². The van der Waals surface area contributed by atoms with E-state index in [-0.39, 0.29) is 17.9 Å². The van der Waals surface area contributed by atoms with Gasteiger partial charge in [0, 0.05) is 6.04 Å². The number of esters is 1. The summed E-state index contributed by atoms with van der Waals surface area (Å²) in [7, 11) is 1.35. The molecule has 116 valence electrons. The first-order valence-electron chi connectivity index (χ1n) is 7.06. The van der Waals surface area contributed by atoms with Gasteiger partial charge in [-0.3, -0.25) is 9.59 Å². The van der Waals surface area contributed by atoms with E-state index in [1.54, 1.807) is 13.0 Å². The fourth-order valence-electron chi connectivity index (χ4n) is 2.27. The van der Waals surface area contributed by atoms with Gasteiger partial charge in [0.15, 0.2) is 0 Å². The highest BCUT2D eigenvalue weighted by Gasteiger charge is 2.28. The maximum Gasteiger partial charge on any atom is 0.311 e. The zero-order chi connectivity index (χ0) is 15.9. The number of hydrogen-bond donors (Lipinski definition) is 1. The number of furan rings is 1. The first-order chi connectivity index (χ1) is 10.6. The lowest BCUT2D eigenvalue weighted by atomic mass is 9.93. The zero-order valence-corrected chi connectivity index (χ0v) is 12.6. The molecule has 0 fully saturated rings. The molecule has 0 spiro atoms. The highest BCUT2D eigenvalue weighted by Crippen LogP contribution is 2.15. The van der Waals surface area contributed by atoms with Crippen molar-refractivity contribution in [1.82, 2.24) is 5.32 Å². The minimum Gasteiger partial charge on any atom is -0.472 e. The molecule has 0 bridgehead atoms. The molecule has 22 heavy (non-hydrogen) atoms. The SMILES string of the molecule is COC(=O)[C@@H](Cc1ccccc1)[C@H](C)NC(=O)c1ccoc1. The summed E-state index contributed by atoms with van der Waals surface area (Å²) in [5.74, 6) is -1.07. The molecule has 1 aromatic carbocycles. The predicted octanol–water partition coefficient (Wildman–Crippen LogP) is 2.43. The van der Waals surface area contributed by atoms with E-state index in [1.807, 2.05) is 30.3 Å². The molecule has 0 radical (unpaired) electrons. The van der Waals surface area contributed by atoms with Crippen LogP contribution in [0.5, 0.6) is 0 Å². The number of carbonyl (C=O) groups excluding carboxylic acids is 2. The Morgan fingerprint density at radius 3 is 2.55 bits per heavy atom. The van der Waals surface area contributed by atoms with Crippen molar-refractivity contribution in [2.24, 2.45) is 5.92 Å². The van der Waals surface area contributed by atoms with Crippen molar-refractivity contribution in [3.05, 3.63) is 60.1 Å². The normalized spacial score (nSPS) is 13.2. The Hall–Kier alpha value is -2.56. The molecule has 1 amide bonds. The van der Waals surface area contributed by atoms with Crippen molar-refractivity contribution in [2.75, 3.05) is 7.11 Å². The van der Waals surface area contributed by atoms with Gasteiger partial charge in [0.25, 0.3) is 5.91 Å². The molecule has 0 saturated heterocycles. The Kier molecular flexibility index (Phi) is 5.36. The van der Waals surface area contributed by atoms with Crippen molar-refractivity contribution in [1.29, 1.82) is 0 Å². The fraction of sp³-hybridized carbons (Fsp3) is 0.294. The predicted molar refractivity (Wildman–Crippen MR) is 81.3 cm³/mol. The number of amides is 1. The Morgan fingerprint density at radius 2 is 1.95 bits per heavy atom. The number of rotatable bonds is 6. The van der Waals surface area contributed by atoms with E-state index < -0.39 is 5.92 Å². The van der Waals surface area contributed by atoms with Gasteiger partial charge in [-0.15, -0.1) is 0 Å². The van der Waals surface area contributed by atoms with Crippen molar-refractivity contribution >= 4 is 11.9 Å². The summed E-state index contributed by atoms with van der Waals surface area (Å²) in [6.45, 7) is 1.79. The van der Waals surface area contributed by atoms with E-state index >= 15 is 0 Å². The van der Waals surface area contributed by atoms with E-state index in [0.29, 0.717) is 12.0 Å². The minimum absolute atomic E-state index is 0.275. The van der Waals surface area contributed by atoms with Crippen LogP contribution in [0.3, 0.4) is 0 Å². The Bertz CT molecular complexity index is 607. The zero-order valence-electron chi connectivity index (χ0n) is 12.6. The molecule has 1 N–H and O–H groups in total. The largest absolute Gasteiger partial charge is 0.472 e. The van der Waals surface area contributed by atoms with Crippen molar-refractivity contribution in [3.8, 4) is 0 Å². The Balaban J connectivity index is 2.07. The molecule has 0 aliphatic rings. The molecule has 1 aromatic heterocycles. The molecular formula is C17H19NO4. The van der Waals surface area contributed by atoms with Crippen LogP contribution in [0.25, 0.3) is 0 Å². The second kappa shape index (κ2) is 7.45. The van der Waals surface area contributed by atoms with Gasteiger partial charge in [-0.2, -0.15) is 0 Å².